The summed E-state index contributed by atoms with van der Waals surface area (Å²) in [6, 6.07) is 11.7. The minimum Gasteiger partial charge on any atom is -0.366 e. The van der Waals surface area contributed by atoms with Crippen molar-refractivity contribution in [3.05, 3.63) is 95.2 Å². The van der Waals surface area contributed by atoms with E-state index in [-0.39, 0.29) is 17.2 Å². The molecular formula is C24H20F2N6O. The van der Waals surface area contributed by atoms with Crippen LogP contribution >= 0.6 is 0 Å². The van der Waals surface area contributed by atoms with Crippen LogP contribution in [-0.2, 0) is 12.3 Å². The molecule has 7 nitrogen and oxygen atoms in total. The summed E-state index contributed by atoms with van der Waals surface area (Å²) in [6.45, 7) is 2.50. The van der Waals surface area contributed by atoms with Gasteiger partial charge in [0.05, 0.1) is 11.1 Å². The molecule has 0 fully saturated rings. The van der Waals surface area contributed by atoms with Gasteiger partial charge in [-0.25, -0.2) is 13.8 Å². The molecule has 0 saturated heterocycles. The number of hydrogen-bond acceptors (Lipinski definition) is 6. The Hall–Kier alpha value is -4.05. The summed E-state index contributed by atoms with van der Waals surface area (Å²) in [6.07, 6.45) is 5.28. The number of aliphatic hydroxyl groups is 1. The summed E-state index contributed by atoms with van der Waals surface area (Å²) in [5.74, 6) is 4.10. The highest BCUT2D eigenvalue weighted by Crippen LogP contribution is 2.34. The molecule has 0 unspecified atom stereocenters. The van der Waals surface area contributed by atoms with Crippen LogP contribution in [-0.4, -0.2) is 30.9 Å². The number of nitriles is 1. The van der Waals surface area contributed by atoms with Gasteiger partial charge in [-0.2, -0.15) is 15.8 Å². The third-order valence-corrected chi connectivity index (χ3v) is 5.37. The van der Waals surface area contributed by atoms with Gasteiger partial charge >= 0.3 is 0 Å². The van der Waals surface area contributed by atoms with Gasteiger partial charge in [-0.3, -0.25) is 4.68 Å². The third kappa shape index (κ3) is 4.60. The fraction of sp³-hybridized carbons (Fsp3) is 0.208. The fourth-order valence-corrected chi connectivity index (χ4v) is 3.49. The molecule has 2 atom stereocenters. The maximum absolute atomic E-state index is 14.7. The van der Waals surface area contributed by atoms with Crippen molar-refractivity contribution < 1.29 is 13.9 Å². The largest absolute Gasteiger partial charge is 0.366 e. The molecule has 0 saturated carbocycles. The highest BCUT2D eigenvalue weighted by atomic mass is 19.1. The molecule has 1 aromatic heterocycles. The van der Waals surface area contributed by atoms with Crippen LogP contribution < -0.4 is 5.43 Å². The van der Waals surface area contributed by atoms with Crippen LogP contribution in [0.5, 0.6) is 0 Å². The Morgan fingerprint density at radius 2 is 1.97 bits per heavy atom. The topological polar surface area (TPSA) is 90.0 Å². The summed E-state index contributed by atoms with van der Waals surface area (Å²) in [5.41, 5.74) is 1.74. The van der Waals surface area contributed by atoms with Crippen LogP contribution in [0, 0.1) is 34.8 Å². The Bertz CT molecular complexity index is 1290. The molecule has 166 valence electrons. The molecule has 1 aliphatic heterocycles. The van der Waals surface area contributed by atoms with Crippen LogP contribution in [0.25, 0.3) is 0 Å². The second-order valence-electron chi connectivity index (χ2n) is 7.60. The van der Waals surface area contributed by atoms with E-state index < -0.39 is 17.4 Å². The van der Waals surface area contributed by atoms with Crippen LogP contribution in [0.3, 0.4) is 0 Å². The van der Waals surface area contributed by atoms with E-state index in [1.54, 1.807) is 46.5 Å². The monoisotopic (exact) mass is 446 g/mol. The molecule has 0 aliphatic carbocycles. The molecule has 2 aromatic carbocycles. The maximum atomic E-state index is 14.7. The number of hydrazine groups is 1. The summed E-state index contributed by atoms with van der Waals surface area (Å²) in [5, 5.41) is 26.5. The molecule has 0 amide bonds. The average molecular weight is 446 g/mol. The SMILES string of the molecule is C[C@H](CCn1cncn1)N1C=C(C#Cc2ccccc2C#N)[C@@](O)(c2ccc(F)cc2F)N1. The molecule has 0 bridgehead atoms. The van der Waals surface area contributed by atoms with Crippen molar-refractivity contribution in [3.63, 3.8) is 0 Å². The third-order valence-electron chi connectivity index (χ3n) is 5.37. The number of aryl methyl sites for hydroxylation is 1. The van der Waals surface area contributed by atoms with Gasteiger partial charge in [0.15, 0.2) is 5.72 Å². The van der Waals surface area contributed by atoms with E-state index in [9.17, 15) is 19.1 Å². The van der Waals surface area contributed by atoms with Gasteiger partial charge in [-0.1, -0.05) is 24.0 Å². The lowest BCUT2D eigenvalue weighted by Crippen LogP contribution is -2.49. The number of hydrogen-bond donors (Lipinski definition) is 2. The maximum Gasteiger partial charge on any atom is 0.197 e. The Balaban J connectivity index is 1.68. The van der Waals surface area contributed by atoms with Crippen molar-refractivity contribution >= 4 is 0 Å². The Morgan fingerprint density at radius 3 is 2.67 bits per heavy atom. The highest BCUT2D eigenvalue weighted by molar-refractivity contribution is 5.53. The van der Waals surface area contributed by atoms with Gasteiger partial charge in [-0.15, -0.1) is 0 Å². The van der Waals surface area contributed by atoms with E-state index in [1.807, 2.05) is 6.92 Å². The zero-order valence-electron chi connectivity index (χ0n) is 17.7. The smallest absolute Gasteiger partial charge is 0.197 e. The summed E-state index contributed by atoms with van der Waals surface area (Å²) in [7, 11) is 0. The Labute approximate surface area is 189 Å². The number of benzene rings is 2. The van der Waals surface area contributed by atoms with Crippen LogP contribution in [0.4, 0.5) is 8.78 Å². The van der Waals surface area contributed by atoms with Crippen molar-refractivity contribution in [1.82, 2.24) is 25.2 Å². The van der Waals surface area contributed by atoms with Gasteiger partial charge in [0, 0.05) is 36.0 Å². The fourth-order valence-electron chi connectivity index (χ4n) is 3.49. The van der Waals surface area contributed by atoms with Crippen molar-refractivity contribution in [2.75, 3.05) is 0 Å². The predicted octanol–water partition coefficient (Wildman–Crippen LogP) is 2.81. The molecule has 9 heteroatoms. The van der Waals surface area contributed by atoms with Gasteiger partial charge in [-0.05, 0) is 37.6 Å². The Kier molecular flexibility index (Phi) is 6.18. The molecule has 1 aliphatic rings. The summed E-state index contributed by atoms with van der Waals surface area (Å²) in [4.78, 5) is 3.91. The molecule has 3 aromatic rings. The molecule has 4 rings (SSSR count). The van der Waals surface area contributed by atoms with Gasteiger partial charge < -0.3 is 10.1 Å². The van der Waals surface area contributed by atoms with E-state index in [0.717, 1.165) is 6.07 Å². The van der Waals surface area contributed by atoms with Crippen molar-refractivity contribution in [3.8, 4) is 17.9 Å². The molecule has 0 radical (unpaired) electrons. The van der Waals surface area contributed by atoms with E-state index in [2.05, 4.69) is 33.4 Å². The minimum absolute atomic E-state index is 0.144. The van der Waals surface area contributed by atoms with Gasteiger partial charge in [0.25, 0.3) is 0 Å². The number of aromatic nitrogens is 3. The standard InChI is InChI=1S/C24H20F2N6O/c1-17(10-11-31-16-28-15-29-31)32-14-20(7-6-18-4-2-3-5-19(18)13-27)24(33,30-32)22-9-8-21(25)12-23(22)26/h2-5,8-9,12,14-17,30,33H,10-11H2,1H3/t17-,24-/m1/s1. The predicted molar refractivity (Wildman–Crippen MR) is 115 cm³/mol. The zero-order valence-corrected chi connectivity index (χ0v) is 17.7. The quantitative estimate of drug-likeness (QED) is 0.586. The van der Waals surface area contributed by atoms with E-state index in [0.29, 0.717) is 30.2 Å². The Morgan fingerprint density at radius 1 is 1.18 bits per heavy atom. The molecular weight excluding hydrogens is 426 g/mol. The van der Waals surface area contributed by atoms with E-state index in [1.165, 1.54) is 12.4 Å². The van der Waals surface area contributed by atoms with E-state index in [4.69, 9.17) is 0 Å². The van der Waals surface area contributed by atoms with E-state index >= 15 is 0 Å². The highest BCUT2D eigenvalue weighted by Gasteiger charge is 2.43. The van der Waals surface area contributed by atoms with Gasteiger partial charge in [0.2, 0.25) is 0 Å². The number of nitrogens with zero attached hydrogens (tertiary/aromatic N) is 5. The molecule has 2 N–H and O–H groups in total. The first-order chi connectivity index (χ1) is 15.9. The van der Waals surface area contributed by atoms with Crippen LogP contribution in [0.15, 0.2) is 66.9 Å². The second-order valence-corrected chi connectivity index (χ2v) is 7.60. The normalized spacial score (nSPS) is 18.3. The first kappa shape index (κ1) is 22.2. The lowest BCUT2D eigenvalue weighted by molar-refractivity contribution is -0.0108. The number of halogens is 2. The van der Waals surface area contributed by atoms with Crippen LogP contribution in [0.2, 0.25) is 0 Å². The van der Waals surface area contributed by atoms with Crippen molar-refractivity contribution in [2.45, 2.75) is 31.7 Å². The summed E-state index contributed by atoms with van der Waals surface area (Å²) >= 11 is 0. The lowest BCUT2D eigenvalue weighted by Gasteiger charge is -2.31. The van der Waals surface area contributed by atoms with Crippen LogP contribution in [0.1, 0.15) is 30.0 Å². The first-order valence-corrected chi connectivity index (χ1v) is 10.2. The summed E-state index contributed by atoms with van der Waals surface area (Å²) < 4.78 is 29.9. The average Bonchev–Trinajstić information content (AvgIpc) is 3.44. The lowest BCUT2D eigenvalue weighted by atomic mass is 9.95. The molecule has 0 spiro atoms. The molecule has 2 heterocycles. The number of rotatable bonds is 5. The van der Waals surface area contributed by atoms with Crippen molar-refractivity contribution in [2.24, 2.45) is 0 Å². The van der Waals surface area contributed by atoms with Gasteiger partial charge in [0.1, 0.15) is 30.4 Å². The second kappa shape index (κ2) is 9.21. The van der Waals surface area contributed by atoms with Crippen molar-refractivity contribution in [1.29, 1.82) is 5.26 Å². The minimum atomic E-state index is -2.02. The number of nitrogens with one attached hydrogen (secondary N) is 1. The zero-order chi connectivity index (χ0) is 23.4. The first-order valence-electron chi connectivity index (χ1n) is 10.2. The molecule has 33 heavy (non-hydrogen) atoms.